The van der Waals surface area contributed by atoms with Gasteiger partial charge in [-0.05, 0) is 50.1 Å². The molecule has 1 aromatic carbocycles. The summed E-state index contributed by atoms with van der Waals surface area (Å²) in [5.74, 6) is 1.09. The molecule has 0 saturated carbocycles. The van der Waals surface area contributed by atoms with Gasteiger partial charge in [-0.15, -0.1) is 0 Å². The number of aliphatic hydroxyl groups excluding tert-OH is 1. The number of aliphatic hydroxyl groups is 1. The lowest BCUT2D eigenvalue weighted by atomic mass is 9.90. The van der Waals surface area contributed by atoms with Crippen LogP contribution in [0.1, 0.15) is 51.0 Å². The highest BCUT2D eigenvalue weighted by atomic mass is 16.3. The maximum atomic E-state index is 9.82. The van der Waals surface area contributed by atoms with Crippen LogP contribution in [-0.4, -0.2) is 35.7 Å². The molecule has 1 saturated heterocycles. The van der Waals surface area contributed by atoms with Gasteiger partial charge in [-0.2, -0.15) is 0 Å². The van der Waals surface area contributed by atoms with Crippen LogP contribution < -0.4 is 0 Å². The molecular formula is C18H29NO. The number of benzene rings is 1. The van der Waals surface area contributed by atoms with Gasteiger partial charge in [0.15, 0.2) is 0 Å². The minimum absolute atomic E-state index is 0.167. The minimum atomic E-state index is -0.167. The van der Waals surface area contributed by atoms with Gasteiger partial charge < -0.3 is 10.0 Å². The summed E-state index contributed by atoms with van der Waals surface area (Å²) in [6.07, 6.45) is 4.72. The van der Waals surface area contributed by atoms with E-state index in [9.17, 15) is 5.11 Å². The molecule has 2 nitrogen and oxygen atoms in total. The van der Waals surface area contributed by atoms with E-state index < -0.39 is 0 Å². The lowest BCUT2D eigenvalue weighted by Gasteiger charge is -2.36. The third kappa shape index (κ3) is 4.32. The number of hydrogen-bond acceptors (Lipinski definition) is 2. The molecule has 1 N–H and O–H groups in total. The highest BCUT2D eigenvalue weighted by Gasteiger charge is 2.25. The molecule has 112 valence electrons. The molecular weight excluding hydrogens is 246 g/mol. The number of rotatable bonds is 6. The number of piperidine rings is 1. The summed E-state index contributed by atoms with van der Waals surface area (Å²) in [7, 11) is 0. The molecule has 0 bridgehead atoms. The van der Waals surface area contributed by atoms with Crippen molar-refractivity contribution in [3.63, 3.8) is 0 Å². The highest BCUT2D eigenvalue weighted by Crippen LogP contribution is 2.26. The van der Waals surface area contributed by atoms with Gasteiger partial charge in [0, 0.05) is 13.1 Å². The predicted molar refractivity (Wildman–Crippen MR) is 84.9 cm³/mol. The molecule has 0 spiro atoms. The SMILES string of the molecule is CCCC(CN1CCCC(C(C)O)C1)c1ccccc1. The van der Waals surface area contributed by atoms with Crippen molar-refractivity contribution in [1.29, 1.82) is 0 Å². The monoisotopic (exact) mass is 275 g/mol. The van der Waals surface area contributed by atoms with Crippen molar-refractivity contribution in [2.45, 2.75) is 51.6 Å². The van der Waals surface area contributed by atoms with Gasteiger partial charge in [-0.25, -0.2) is 0 Å². The number of hydrogen-bond donors (Lipinski definition) is 1. The molecule has 0 radical (unpaired) electrons. The van der Waals surface area contributed by atoms with Crippen LogP contribution >= 0.6 is 0 Å². The Morgan fingerprint density at radius 2 is 2.05 bits per heavy atom. The van der Waals surface area contributed by atoms with Crippen LogP contribution in [0.5, 0.6) is 0 Å². The standard InChI is InChI=1S/C18H29NO/c1-3-8-18(16-9-5-4-6-10-16)14-19-12-7-11-17(13-19)15(2)20/h4-6,9-10,15,17-18,20H,3,7-8,11-14H2,1-2H3. The topological polar surface area (TPSA) is 23.5 Å². The number of likely N-dealkylation sites (tertiary alicyclic amines) is 1. The van der Waals surface area contributed by atoms with E-state index in [-0.39, 0.29) is 6.10 Å². The molecule has 0 aliphatic carbocycles. The third-order valence-electron chi connectivity index (χ3n) is 4.61. The fourth-order valence-corrected chi connectivity index (χ4v) is 3.40. The lowest BCUT2D eigenvalue weighted by molar-refractivity contribution is 0.0599. The Hall–Kier alpha value is -0.860. The molecule has 2 heteroatoms. The zero-order chi connectivity index (χ0) is 14.4. The van der Waals surface area contributed by atoms with Gasteiger partial charge in [0.2, 0.25) is 0 Å². The van der Waals surface area contributed by atoms with E-state index in [1.807, 2.05) is 6.92 Å². The van der Waals surface area contributed by atoms with E-state index in [4.69, 9.17) is 0 Å². The average molecular weight is 275 g/mol. The molecule has 0 aromatic heterocycles. The molecule has 3 atom stereocenters. The summed E-state index contributed by atoms with van der Waals surface area (Å²) < 4.78 is 0. The Morgan fingerprint density at radius 1 is 1.30 bits per heavy atom. The normalized spacial score (nSPS) is 23.4. The first-order valence-electron chi connectivity index (χ1n) is 8.16. The summed E-state index contributed by atoms with van der Waals surface area (Å²) in [5.41, 5.74) is 1.47. The first-order valence-corrected chi connectivity index (χ1v) is 8.16. The van der Waals surface area contributed by atoms with E-state index in [0.29, 0.717) is 11.8 Å². The lowest BCUT2D eigenvalue weighted by Crippen LogP contribution is -2.41. The third-order valence-corrected chi connectivity index (χ3v) is 4.61. The van der Waals surface area contributed by atoms with Gasteiger partial charge in [-0.3, -0.25) is 0 Å². The molecule has 3 unspecified atom stereocenters. The summed E-state index contributed by atoms with van der Waals surface area (Å²) in [6.45, 7) is 7.60. The van der Waals surface area contributed by atoms with Crippen LogP contribution in [0, 0.1) is 5.92 Å². The minimum Gasteiger partial charge on any atom is -0.393 e. The Kier molecular flexibility index (Phi) is 6.06. The van der Waals surface area contributed by atoms with Crippen molar-refractivity contribution < 1.29 is 5.11 Å². The Balaban J connectivity index is 1.97. The molecule has 1 heterocycles. The molecule has 0 amide bonds. The van der Waals surface area contributed by atoms with Crippen molar-refractivity contribution in [3.05, 3.63) is 35.9 Å². The van der Waals surface area contributed by atoms with Crippen LogP contribution in [0.2, 0.25) is 0 Å². The predicted octanol–water partition coefficient (Wildman–Crippen LogP) is 3.66. The van der Waals surface area contributed by atoms with E-state index in [0.717, 1.165) is 13.1 Å². The van der Waals surface area contributed by atoms with Gasteiger partial charge in [0.05, 0.1) is 6.10 Å². The van der Waals surface area contributed by atoms with E-state index in [1.165, 1.54) is 37.8 Å². The second kappa shape index (κ2) is 7.80. The molecule has 2 rings (SSSR count). The summed E-state index contributed by atoms with van der Waals surface area (Å²) in [6, 6.07) is 10.9. The zero-order valence-electron chi connectivity index (χ0n) is 13.0. The first-order chi connectivity index (χ1) is 9.70. The second-order valence-corrected chi connectivity index (χ2v) is 6.30. The largest absolute Gasteiger partial charge is 0.393 e. The van der Waals surface area contributed by atoms with Crippen molar-refractivity contribution in [2.24, 2.45) is 5.92 Å². The molecule has 1 aromatic rings. The van der Waals surface area contributed by atoms with Gasteiger partial charge in [0.25, 0.3) is 0 Å². The van der Waals surface area contributed by atoms with Crippen LogP contribution in [0.3, 0.4) is 0 Å². The molecule has 20 heavy (non-hydrogen) atoms. The van der Waals surface area contributed by atoms with Crippen molar-refractivity contribution in [3.8, 4) is 0 Å². The maximum absolute atomic E-state index is 9.82. The fourth-order valence-electron chi connectivity index (χ4n) is 3.40. The van der Waals surface area contributed by atoms with Crippen molar-refractivity contribution >= 4 is 0 Å². The Bertz CT molecular complexity index is 376. The van der Waals surface area contributed by atoms with Crippen LogP contribution in [0.15, 0.2) is 30.3 Å². The quantitative estimate of drug-likeness (QED) is 0.856. The summed E-state index contributed by atoms with van der Waals surface area (Å²) in [5, 5.41) is 9.82. The maximum Gasteiger partial charge on any atom is 0.0552 e. The first kappa shape index (κ1) is 15.5. The van der Waals surface area contributed by atoms with Gasteiger partial charge in [0.1, 0.15) is 0 Å². The highest BCUT2D eigenvalue weighted by molar-refractivity contribution is 5.19. The second-order valence-electron chi connectivity index (χ2n) is 6.30. The Morgan fingerprint density at radius 3 is 2.70 bits per heavy atom. The van der Waals surface area contributed by atoms with Crippen molar-refractivity contribution in [1.82, 2.24) is 4.90 Å². The molecule has 1 fully saturated rings. The Labute approximate surface area is 123 Å². The fraction of sp³-hybridized carbons (Fsp3) is 0.667. The van der Waals surface area contributed by atoms with Gasteiger partial charge >= 0.3 is 0 Å². The molecule has 1 aliphatic rings. The number of nitrogens with zero attached hydrogens (tertiary/aromatic N) is 1. The van der Waals surface area contributed by atoms with Crippen molar-refractivity contribution in [2.75, 3.05) is 19.6 Å². The summed E-state index contributed by atoms with van der Waals surface area (Å²) in [4.78, 5) is 2.56. The zero-order valence-corrected chi connectivity index (χ0v) is 13.0. The smallest absolute Gasteiger partial charge is 0.0552 e. The van der Waals surface area contributed by atoms with Crippen LogP contribution in [-0.2, 0) is 0 Å². The van der Waals surface area contributed by atoms with E-state index in [1.54, 1.807) is 0 Å². The van der Waals surface area contributed by atoms with Gasteiger partial charge in [-0.1, -0.05) is 43.7 Å². The van der Waals surface area contributed by atoms with E-state index in [2.05, 4.69) is 42.2 Å². The van der Waals surface area contributed by atoms with Crippen LogP contribution in [0.4, 0.5) is 0 Å². The summed E-state index contributed by atoms with van der Waals surface area (Å²) >= 11 is 0. The average Bonchev–Trinajstić information content (AvgIpc) is 2.48. The van der Waals surface area contributed by atoms with Crippen LogP contribution in [0.25, 0.3) is 0 Å². The molecule has 1 aliphatic heterocycles. The van der Waals surface area contributed by atoms with E-state index >= 15 is 0 Å².